The number of rotatable bonds is 6. The molecule has 0 saturated carbocycles. The van der Waals surface area contributed by atoms with Crippen LogP contribution in [0.3, 0.4) is 0 Å². The van der Waals surface area contributed by atoms with Crippen molar-refractivity contribution in [1.82, 2.24) is 15.1 Å². The number of aliphatic imine (C=N–C) groups is 1. The summed E-state index contributed by atoms with van der Waals surface area (Å²) in [6, 6.07) is 10.9. The Kier molecular flexibility index (Phi) is 7.09. The first kappa shape index (κ1) is 18.2. The van der Waals surface area contributed by atoms with E-state index in [9.17, 15) is 0 Å². The average molecular weight is 346 g/mol. The van der Waals surface area contributed by atoms with Crippen LogP contribution in [0.1, 0.15) is 12.0 Å². The predicted molar refractivity (Wildman–Crippen MR) is 99.8 cm³/mol. The van der Waals surface area contributed by atoms with E-state index in [2.05, 4.69) is 32.2 Å². The highest BCUT2D eigenvalue weighted by Crippen LogP contribution is 2.16. The van der Waals surface area contributed by atoms with Crippen molar-refractivity contribution in [3.8, 4) is 0 Å². The van der Waals surface area contributed by atoms with E-state index >= 15 is 0 Å². The molecule has 0 amide bonds. The van der Waals surface area contributed by atoms with E-state index in [4.69, 9.17) is 9.47 Å². The standard InChI is InChI=1S/C19H30N4O2/c1-20-19(21-8-12-25-16-17-5-3-2-4-6-17)23-9-7-18(15-23)22-10-13-24-14-11-22/h2-6,18H,7-16H2,1H3,(H,20,21). The van der Waals surface area contributed by atoms with Crippen molar-refractivity contribution in [1.29, 1.82) is 0 Å². The normalized spacial score (nSPS) is 22.4. The molecule has 2 fully saturated rings. The summed E-state index contributed by atoms with van der Waals surface area (Å²) in [5, 5.41) is 3.43. The highest BCUT2D eigenvalue weighted by atomic mass is 16.5. The average Bonchev–Trinajstić information content (AvgIpc) is 3.16. The van der Waals surface area contributed by atoms with Crippen molar-refractivity contribution in [2.75, 3.05) is 59.6 Å². The van der Waals surface area contributed by atoms with Gasteiger partial charge in [0, 0.05) is 45.8 Å². The van der Waals surface area contributed by atoms with Crippen LogP contribution in [0.2, 0.25) is 0 Å². The van der Waals surface area contributed by atoms with E-state index in [1.165, 1.54) is 12.0 Å². The van der Waals surface area contributed by atoms with E-state index in [0.29, 0.717) is 19.3 Å². The minimum absolute atomic E-state index is 0.622. The molecule has 6 nitrogen and oxygen atoms in total. The lowest BCUT2D eigenvalue weighted by atomic mass is 10.2. The Morgan fingerprint density at radius 3 is 2.80 bits per heavy atom. The fourth-order valence-electron chi connectivity index (χ4n) is 3.51. The molecular weight excluding hydrogens is 316 g/mol. The summed E-state index contributed by atoms with van der Waals surface area (Å²) in [6.45, 7) is 8.05. The lowest BCUT2D eigenvalue weighted by molar-refractivity contribution is 0.0194. The summed E-state index contributed by atoms with van der Waals surface area (Å²) in [7, 11) is 1.86. The third-order valence-electron chi connectivity index (χ3n) is 4.88. The molecule has 0 aliphatic carbocycles. The molecule has 1 unspecified atom stereocenters. The van der Waals surface area contributed by atoms with Crippen LogP contribution in [0.5, 0.6) is 0 Å². The van der Waals surface area contributed by atoms with Crippen LogP contribution in [-0.4, -0.2) is 81.4 Å². The molecule has 0 radical (unpaired) electrons. The molecule has 138 valence electrons. The zero-order valence-corrected chi connectivity index (χ0v) is 15.2. The molecule has 1 aromatic carbocycles. The molecule has 25 heavy (non-hydrogen) atoms. The first-order chi connectivity index (χ1) is 12.4. The first-order valence-electron chi connectivity index (χ1n) is 9.26. The summed E-state index contributed by atoms with van der Waals surface area (Å²) in [5.74, 6) is 0.985. The van der Waals surface area contributed by atoms with Crippen LogP contribution in [0, 0.1) is 0 Å². The second-order valence-electron chi connectivity index (χ2n) is 6.55. The Morgan fingerprint density at radius 1 is 1.24 bits per heavy atom. The summed E-state index contributed by atoms with van der Waals surface area (Å²) in [6.07, 6.45) is 1.20. The third kappa shape index (κ3) is 5.42. The van der Waals surface area contributed by atoms with Gasteiger partial charge >= 0.3 is 0 Å². The van der Waals surface area contributed by atoms with Crippen molar-refractivity contribution in [2.24, 2.45) is 4.99 Å². The Balaban J connectivity index is 1.35. The van der Waals surface area contributed by atoms with E-state index in [1.54, 1.807) is 0 Å². The number of hydrogen-bond donors (Lipinski definition) is 1. The lowest BCUT2D eigenvalue weighted by Gasteiger charge is -2.32. The van der Waals surface area contributed by atoms with Crippen molar-refractivity contribution >= 4 is 5.96 Å². The zero-order valence-electron chi connectivity index (χ0n) is 15.2. The molecule has 0 bridgehead atoms. The van der Waals surface area contributed by atoms with Gasteiger partial charge in [-0.2, -0.15) is 0 Å². The molecule has 1 aromatic rings. The third-order valence-corrected chi connectivity index (χ3v) is 4.88. The van der Waals surface area contributed by atoms with E-state index in [0.717, 1.165) is 51.9 Å². The number of benzene rings is 1. The van der Waals surface area contributed by atoms with Gasteiger partial charge < -0.3 is 19.7 Å². The van der Waals surface area contributed by atoms with Crippen LogP contribution in [-0.2, 0) is 16.1 Å². The smallest absolute Gasteiger partial charge is 0.193 e. The number of nitrogens with zero attached hydrogens (tertiary/aromatic N) is 3. The quantitative estimate of drug-likeness (QED) is 0.476. The van der Waals surface area contributed by atoms with Gasteiger partial charge in [0.05, 0.1) is 26.4 Å². The molecule has 2 heterocycles. The minimum atomic E-state index is 0.622. The second kappa shape index (κ2) is 9.75. The van der Waals surface area contributed by atoms with Gasteiger partial charge in [0.25, 0.3) is 0 Å². The van der Waals surface area contributed by atoms with Gasteiger partial charge in [0.15, 0.2) is 5.96 Å². The predicted octanol–water partition coefficient (Wildman–Crippen LogP) is 1.19. The molecule has 1 atom stereocenters. The molecule has 0 spiro atoms. The number of morpholine rings is 1. The monoisotopic (exact) mass is 346 g/mol. The Morgan fingerprint density at radius 2 is 2.04 bits per heavy atom. The zero-order chi connectivity index (χ0) is 17.3. The number of guanidine groups is 1. The topological polar surface area (TPSA) is 49.3 Å². The largest absolute Gasteiger partial charge is 0.379 e. The van der Waals surface area contributed by atoms with Crippen LogP contribution in [0.25, 0.3) is 0 Å². The number of hydrogen-bond acceptors (Lipinski definition) is 4. The highest BCUT2D eigenvalue weighted by Gasteiger charge is 2.30. The maximum absolute atomic E-state index is 5.74. The summed E-state index contributed by atoms with van der Waals surface area (Å²) < 4.78 is 11.2. The van der Waals surface area contributed by atoms with Crippen molar-refractivity contribution in [3.05, 3.63) is 35.9 Å². The minimum Gasteiger partial charge on any atom is -0.379 e. The van der Waals surface area contributed by atoms with Gasteiger partial charge in [-0.25, -0.2) is 0 Å². The lowest BCUT2D eigenvalue weighted by Crippen LogP contribution is -2.47. The number of likely N-dealkylation sites (tertiary alicyclic amines) is 1. The molecule has 0 aromatic heterocycles. The number of ether oxygens (including phenoxy) is 2. The fourth-order valence-corrected chi connectivity index (χ4v) is 3.51. The fraction of sp³-hybridized carbons (Fsp3) is 0.632. The van der Waals surface area contributed by atoms with Crippen molar-refractivity contribution in [3.63, 3.8) is 0 Å². The SMILES string of the molecule is CN=C(NCCOCc1ccccc1)N1CCC(N2CCOCC2)C1. The van der Waals surface area contributed by atoms with E-state index in [-0.39, 0.29) is 0 Å². The Labute approximate surface area is 150 Å². The summed E-state index contributed by atoms with van der Waals surface area (Å²) in [5.41, 5.74) is 1.21. The van der Waals surface area contributed by atoms with Gasteiger partial charge in [-0.15, -0.1) is 0 Å². The Bertz CT molecular complexity index is 531. The first-order valence-corrected chi connectivity index (χ1v) is 9.26. The molecule has 2 aliphatic rings. The molecule has 3 rings (SSSR count). The van der Waals surface area contributed by atoms with Gasteiger partial charge in [0.2, 0.25) is 0 Å². The summed E-state index contributed by atoms with van der Waals surface area (Å²) >= 11 is 0. The molecule has 1 N–H and O–H groups in total. The van der Waals surface area contributed by atoms with Gasteiger partial charge in [-0.05, 0) is 12.0 Å². The van der Waals surface area contributed by atoms with Crippen LogP contribution >= 0.6 is 0 Å². The molecular formula is C19H30N4O2. The molecule has 2 aliphatic heterocycles. The van der Waals surface area contributed by atoms with Crippen LogP contribution in [0.15, 0.2) is 35.3 Å². The second-order valence-corrected chi connectivity index (χ2v) is 6.55. The van der Waals surface area contributed by atoms with Gasteiger partial charge in [0.1, 0.15) is 0 Å². The van der Waals surface area contributed by atoms with Gasteiger partial charge in [-0.3, -0.25) is 9.89 Å². The van der Waals surface area contributed by atoms with Crippen LogP contribution < -0.4 is 5.32 Å². The maximum atomic E-state index is 5.74. The highest BCUT2D eigenvalue weighted by molar-refractivity contribution is 5.80. The van der Waals surface area contributed by atoms with Crippen molar-refractivity contribution < 1.29 is 9.47 Å². The van der Waals surface area contributed by atoms with Gasteiger partial charge in [-0.1, -0.05) is 30.3 Å². The molecule has 6 heteroatoms. The number of nitrogens with one attached hydrogen (secondary N) is 1. The Hall–Kier alpha value is -1.63. The summed E-state index contributed by atoms with van der Waals surface area (Å²) in [4.78, 5) is 9.35. The maximum Gasteiger partial charge on any atom is 0.193 e. The van der Waals surface area contributed by atoms with E-state index < -0.39 is 0 Å². The van der Waals surface area contributed by atoms with Crippen LogP contribution in [0.4, 0.5) is 0 Å². The van der Waals surface area contributed by atoms with Crippen molar-refractivity contribution in [2.45, 2.75) is 19.1 Å². The van der Waals surface area contributed by atoms with E-state index in [1.807, 2.05) is 25.2 Å². The molecule has 2 saturated heterocycles.